The summed E-state index contributed by atoms with van der Waals surface area (Å²) in [6.07, 6.45) is 4.96. The van der Waals surface area contributed by atoms with Crippen molar-refractivity contribution in [1.29, 1.82) is 0 Å². The Morgan fingerprint density at radius 3 is 2.42 bits per heavy atom. The van der Waals surface area contributed by atoms with Crippen LogP contribution < -0.4 is 5.73 Å². The average Bonchev–Trinajstić information content (AvgIpc) is 2.85. The second-order valence-electron chi connectivity index (χ2n) is 5.43. The minimum Gasteiger partial charge on any atom is -0.464 e. The van der Waals surface area contributed by atoms with Gasteiger partial charge in [-0.15, -0.1) is 0 Å². The summed E-state index contributed by atoms with van der Waals surface area (Å²) < 4.78 is 5.73. The van der Waals surface area contributed by atoms with E-state index in [1.165, 1.54) is 24.8 Å². The van der Waals surface area contributed by atoms with Gasteiger partial charge in [0.2, 0.25) is 0 Å². The number of nitrogens with two attached hydrogens (primary N) is 1. The molecule has 0 saturated heterocycles. The van der Waals surface area contributed by atoms with E-state index < -0.39 is 0 Å². The van der Waals surface area contributed by atoms with Crippen LogP contribution in [0.5, 0.6) is 0 Å². The smallest absolute Gasteiger partial charge is 0.125 e. The van der Waals surface area contributed by atoms with Gasteiger partial charge in [0.05, 0.1) is 6.04 Å². The van der Waals surface area contributed by atoms with Gasteiger partial charge in [-0.2, -0.15) is 0 Å². The predicted octanol–water partition coefficient (Wildman–Crippen LogP) is 4.16. The summed E-state index contributed by atoms with van der Waals surface area (Å²) in [6, 6.07) is 12.6. The molecule has 0 spiro atoms. The molecule has 1 aliphatic carbocycles. The fourth-order valence-electron chi connectivity index (χ4n) is 2.63. The Morgan fingerprint density at radius 2 is 1.89 bits per heavy atom. The van der Waals surface area contributed by atoms with Crippen LogP contribution in [0.15, 0.2) is 40.8 Å². The fourth-order valence-corrected chi connectivity index (χ4v) is 2.63. The Kier molecular flexibility index (Phi) is 3.43. The van der Waals surface area contributed by atoms with Crippen molar-refractivity contribution in [3.8, 4) is 0 Å². The van der Waals surface area contributed by atoms with Crippen LogP contribution in [0.3, 0.4) is 0 Å². The summed E-state index contributed by atoms with van der Waals surface area (Å²) in [5.74, 6) is 2.63. The largest absolute Gasteiger partial charge is 0.464 e. The first-order valence-electron chi connectivity index (χ1n) is 7.22. The lowest BCUT2D eigenvalue weighted by Gasteiger charge is -2.26. The van der Waals surface area contributed by atoms with Gasteiger partial charge in [-0.3, -0.25) is 0 Å². The third kappa shape index (κ3) is 2.45. The van der Waals surface area contributed by atoms with E-state index in [0.29, 0.717) is 0 Å². The maximum atomic E-state index is 6.26. The number of benzene rings is 1. The fraction of sp³-hybridized carbons (Fsp3) is 0.412. The summed E-state index contributed by atoms with van der Waals surface area (Å²) in [5, 5.41) is 0. The number of hydrogen-bond acceptors (Lipinski definition) is 2. The van der Waals surface area contributed by atoms with Crippen molar-refractivity contribution in [2.24, 2.45) is 5.73 Å². The Balaban J connectivity index is 1.77. The third-order valence-electron chi connectivity index (χ3n) is 4.21. The number of rotatable bonds is 4. The standard InChI is InChI=1S/C17H21NO/c1-2-15-10-11-16(19-15)17(18)14-8-6-13(7-9-14)12-4-3-5-12/h6-12,17H,2-5,18H2,1H3. The molecule has 1 atom stereocenters. The topological polar surface area (TPSA) is 39.2 Å². The molecule has 3 rings (SSSR count). The lowest BCUT2D eigenvalue weighted by molar-refractivity contribution is 0.419. The van der Waals surface area contributed by atoms with E-state index >= 15 is 0 Å². The molecule has 1 aromatic heterocycles. The molecule has 0 amide bonds. The average molecular weight is 255 g/mol. The predicted molar refractivity (Wildman–Crippen MR) is 77.2 cm³/mol. The number of hydrogen-bond donors (Lipinski definition) is 1. The maximum absolute atomic E-state index is 6.26. The number of aryl methyl sites for hydroxylation is 1. The van der Waals surface area contributed by atoms with Gasteiger partial charge >= 0.3 is 0 Å². The first-order chi connectivity index (χ1) is 9.28. The molecule has 1 saturated carbocycles. The highest BCUT2D eigenvalue weighted by molar-refractivity contribution is 5.32. The Bertz CT molecular complexity index is 537. The van der Waals surface area contributed by atoms with Crippen molar-refractivity contribution < 1.29 is 4.42 Å². The van der Waals surface area contributed by atoms with Gasteiger partial charge in [-0.25, -0.2) is 0 Å². The molecule has 1 fully saturated rings. The monoisotopic (exact) mass is 255 g/mol. The molecule has 0 aliphatic heterocycles. The summed E-state index contributed by atoms with van der Waals surface area (Å²) in [5.41, 5.74) is 8.84. The Labute approximate surface area is 114 Å². The van der Waals surface area contributed by atoms with Crippen LogP contribution in [0.25, 0.3) is 0 Å². The van der Waals surface area contributed by atoms with Crippen LogP contribution >= 0.6 is 0 Å². The first kappa shape index (κ1) is 12.5. The van der Waals surface area contributed by atoms with Crippen molar-refractivity contribution in [3.05, 3.63) is 59.0 Å². The lowest BCUT2D eigenvalue weighted by atomic mass is 9.80. The molecule has 1 aliphatic rings. The van der Waals surface area contributed by atoms with Crippen molar-refractivity contribution in [2.45, 2.75) is 44.6 Å². The van der Waals surface area contributed by atoms with Crippen LogP contribution in [0.2, 0.25) is 0 Å². The number of furan rings is 1. The molecular formula is C17H21NO. The summed E-state index contributed by atoms with van der Waals surface area (Å²) in [7, 11) is 0. The Morgan fingerprint density at radius 1 is 1.16 bits per heavy atom. The van der Waals surface area contributed by atoms with Gasteiger partial charge in [-0.1, -0.05) is 37.6 Å². The molecule has 19 heavy (non-hydrogen) atoms. The molecule has 100 valence electrons. The van der Waals surface area contributed by atoms with Crippen molar-refractivity contribution in [2.75, 3.05) is 0 Å². The zero-order valence-electron chi connectivity index (χ0n) is 11.4. The van der Waals surface area contributed by atoms with E-state index in [2.05, 4.69) is 31.2 Å². The van der Waals surface area contributed by atoms with E-state index in [-0.39, 0.29) is 6.04 Å². The molecule has 0 radical (unpaired) electrons. The van der Waals surface area contributed by atoms with E-state index in [4.69, 9.17) is 10.2 Å². The van der Waals surface area contributed by atoms with Crippen LogP contribution in [-0.2, 0) is 6.42 Å². The highest BCUT2D eigenvalue weighted by Gasteiger charge is 2.20. The minimum absolute atomic E-state index is 0.157. The minimum atomic E-state index is -0.157. The van der Waals surface area contributed by atoms with Gasteiger partial charge in [0.15, 0.2) is 0 Å². The van der Waals surface area contributed by atoms with Gasteiger partial charge in [0, 0.05) is 6.42 Å². The highest BCUT2D eigenvalue weighted by atomic mass is 16.3. The van der Waals surface area contributed by atoms with Crippen LogP contribution in [-0.4, -0.2) is 0 Å². The third-order valence-corrected chi connectivity index (χ3v) is 4.21. The molecule has 2 N–H and O–H groups in total. The SMILES string of the molecule is CCc1ccc(C(N)c2ccc(C3CCC3)cc2)o1. The second-order valence-corrected chi connectivity index (χ2v) is 5.43. The quantitative estimate of drug-likeness (QED) is 0.891. The first-order valence-corrected chi connectivity index (χ1v) is 7.22. The summed E-state index contributed by atoms with van der Waals surface area (Å²) in [4.78, 5) is 0. The van der Waals surface area contributed by atoms with Crippen molar-refractivity contribution >= 4 is 0 Å². The van der Waals surface area contributed by atoms with E-state index in [0.717, 1.165) is 29.4 Å². The van der Waals surface area contributed by atoms with Crippen LogP contribution in [0, 0.1) is 0 Å². The molecule has 0 bridgehead atoms. The molecule has 2 aromatic rings. The van der Waals surface area contributed by atoms with E-state index in [9.17, 15) is 0 Å². The summed E-state index contributed by atoms with van der Waals surface area (Å²) in [6.45, 7) is 2.08. The zero-order valence-corrected chi connectivity index (χ0v) is 11.4. The molecule has 2 nitrogen and oxygen atoms in total. The zero-order chi connectivity index (χ0) is 13.2. The summed E-state index contributed by atoms with van der Waals surface area (Å²) >= 11 is 0. The molecule has 2 heteroatoms. The lowest BCUT2D eigenvalue weighted by Crippen LogP contribution is -2.12. The maximum Gasteiger partial charge on any atom is 0.125 e. The molecule has 1 unspecified atom stereocenters. The van der Waals surface area contributed by atoms with Crippen molar-refractivity contribution in [3.63, 3.8) is 0 Å². The van der Waals surface area contributed by atoms with Gasteiger partial charge in [0.1, 0.15) is 11.5 Å². The van der Waals surface area contributed by atoms with Crippen LogP contribution in [0.1, 0.15) is 60.8 Å². The van der Waals surface area contributed by atoms with Gasteiger partial charge in [-0.05, 0) is 42.0 Å². The normalized spacial score (nSPS) is 17.2. The van der Waals surface area contributed by atoms with Crippen LogP contribution in [0.4, 0.5) is 0 Å². The van der Waals surface area contributed by atoms with E-state index in [1.807, 2.05) is 12.1 Å². The molecule has 1 aromatic carbocycles. The van der Waals surface area contributed by atoms with Gasteiger partial charge < -0.3 is 10.2 Å². The van der Waals surface area contributed by atoms with Gasteiger partial charge in [0.25, 0.3) is 0 Å². The second kappa shape index (κ2) is 5.22. The Hall–Kier alpha value is -1.54. The van der Waals surface area contributed by atoms with E-state index in [1.54, 1.807) is 0 Å². The highest BCUT2D eigenvalue weighted by Crippen LogP contribution is 2.36. The van der Waals surface area contributed by atoms with Crippen molar-refractivity contribution in [1.82, 2.24) is 0 Å². The molecular weight excluding hydrogens is 234 g/mol. The molecule has 1 heterocycles.